The molecule has 1 aromatic carbocycles. The Balaban J connectivity index is 1.85. The van der Waals surface area contributed by atoms with Crippen LogP contribution in [0.1, 0.15) is 32.9 Å². The second-order valence-corrected chi connectivity index (χ2v) is 7.04. The van der Waals surface area contributed by atoms with Gasteiger partial charge in [0, 0.05) is 25.7 Å². The first-order chi connectivity index (χ1) is 12.9. The number of carbonyl (C=O) groups is 2. The van der Waals surface area contributed by atoms with E-state index in [4.69, 9.17) is 5.73 Å². The summed E-state index contributed by atoms with van der Waals surface area (Å²) in [6.45, 7) is 4.05. The van der Waals surface area contributed by atoms with E-state index in [-0.39, 0.29) is 5.91 Å². The highest BCUT2D eigenvalue weighted by atomic mass is 16.2. The third-order valence-corrected chi connectivity index (χ3v) is 5.17. The lowest BCUT2D eigenvalue weighted by Crippen LogP contribution is -2.51. The molecule has 0 saturated carbocycles. The maximum absolute atomic E-state index is 13.5. The summed E-state index contributed by atoms with van der Waals surface area (Å²) in [5.74, 6) is -0.720. The Labute approximate surface area is 156 Å². The van der Waals surface area contributed by atoms with E-state index in [0.29, 0.717) is 24.2 Å². The number of primary amides is 1. The van der Waals surface area contributed by atoms with Crippen LogP contribution in [0.3, 0.4) is 0 Å². The van der Waals surface area contributed by atoms with Gasteiger partial charge in [-0.3, -0.25) is 14.3 Å². The van der Waals surface area contributed by atoms with Gasteiger partial charge >= 0.3 is 0 Å². The lowest BCUT2D eigenvalue weighted by Gasteiger charge is -2.35. The van der Waals surface area contributed by atoms with Gasteiger partial charge < -0.3 is 10.6 Å². The highest BCUT2D eigenvalue weighted by molar-refractivity contribution is 6.07. The molecule has 2 aromatic heterocycles. The summed E-state index contributed by atoms with van der Waals surface area (Å²) in [6, 6.07) is 8.92. The molecule has 0 fully saturated rings. The number of nitrogens with zero attached hydrogens (tertiary/aromatic N) is 4. The van der Waals surface area contributed by atoms with E-state index < -0.39 is 11.9 Å². The van der Waals surface area contributed by atoms with Gasteiger partial charge in [0.15, 0.2) is 5.65 Å². The molecule has 0 spiro atoms. The molecule has 3 aromatic rings. The Morgan fingerprint density at radius 3 is 2.59 bits per heavy atom. The van der Waals surface area contributed by atoms with Crippen molar-refractivity contribution in [1.82, 2.24) is 19.7 Å². The molecule has 4 rings (SSSR count). The Morgan fingerprint density at radius 1 is 1.19 bits per heavy atom. The summed E-state index contributed by atoms with van der Waals surface area (Å²) in [5, 5.41) is 5.12. The maximum atomic E-state index is 13.5. The number of rotatable bonds is 2. The third kappa shape index (κ3) is 2.75. The number of hydrogen-bond acceptors (Lipinski definition) is 4. The molecular formula is C20H21N5O2. The molecule has 7 heteroatoms. The predicted molar refractivity (Wildman–Crippen MR) is 101 cm³/mol. The SMILES string of the molecule is Cc1cc(C(=O)N2Cc3ccccc3C[C@H]2C(N)=O)c2c(C)nn(C)c2n1. The van der Waals surface area contributed by atoms with E-state index in [1.165, 1.54) is 0 Å². The lowest BCUT2D eigenvalue weighted by atomic mass is 9.92. The fraction of sp³-hybridized carbons (Fsp3) is 0.300. The summed E-state index contributed by atoms with van der Waals surface area (Å²) in [4.78, 5) is 31.7. The molecule has 0 aliphatic carbocycles. The van der Waals surface area contributed by atoms with Crippen LogP contribution in [0.25, 0.3) is 11.0 Å². The average molecular weight is 363 g/mol. The van der Waals surface area contributed by atoms with Crippen LogP contribution >= 0.6 is 0 Å². The van der Waals surface area contributed by atoms with E-state index in [0.717, 1.165) is 27.9 Å². The zero-order chi connectivity index (χ0) is 19.3. The number of pyridine rings is 1. The summed E-state index contributed by atoms with van der Waals surface area (Å²) in [7, 11) is 1.80. The normalized spacial score (nSPS) is 16.4. The van der Waals surface area contributed by atoms with Crippen LogP contribution in [0.2, 0.25) is 0 Å². The van der Waals surface area contributed by atoms with Crippen molar-refractivity contribution in [2.45, 2.75) is 32.9 Å². The number of benzene rings is 1. The van der Waals surface area contributed by atoms with Crippen molar-refractivity contribution in [2.75, 3.05) is 0 Å². The third-order valence-electron chi connectivity index (χ3n) is 5.17. The standard InChI is InChI=1S/C20H21N5O2/c1-11-8-15(17-12(2)23-24(3)19(17)22-11)20(27)25-10-14-7-5-4-6-13(14)9-16(25)18(21)26/h4-8,16H,9-10H2,1-3H3,(H2,21,26)/t16-/m0/s1. The minimum absolute atomic E-state index is 0.222. The van der Waals surface area contributed by atoms with Gasteiger partial charge in [-0.1, -0.05) is 24.3 Å². The Hall–Kier alpha value is -3.22. The highest BCUT2D eigenvalue weighted by Crippen LogP contribution is 2.28. The minimum Gasteiger partial charge on any atom is -0.368 e. The molecule has 0 saturated heterocycles. The summed E-state index contributed by atoms with van der Waals surface area (Å²) in [5.41, 5.74) is 10.4. The molecule has 1 aliphatic rings. The van der Waals surface area contributed by atoms with Gasteiger partial charge in [0.2, 0.25) is 5.91 Å². The minimum atomic E-state index is -0.673. The fourth-order valence-electron chi connectivity index (χ4n) is 3.88. The number of amides is 2. The van der Waals surface area contributed by atoms with Crippen molar-refractivity contribution in [3.8, 4) is 0 Å². The van der Waals surface area contributed by atoms with E-state index in [1.54, 1.807) is 22.7 Å². The molecule has 3 heterocycles. The van der Waals surface area contributed by atoms with Crippen molar-refractivity contribution in [2.24, 2.45) is 12.8 Å². The van der Waals surface area contributed by atoms with Gasteiger partial charge in [0.05, 0.1) is 16.6 Å². The Bertz CT molecular complexity index is 1090. The quantitative estimate of drug-likeness (QED) is 0.749. The van der Waals surface area contributed by atoms with Gasteiger partial charge in [0.1, 0.15) is 6.04 Å². The molecule has 1 aliphatic heterocycles. The van der Waals surface area contributed by atoms with Crippen LogP contribution in [-0.4, -0.2) is 37.5 Å². The molecule has 138 valence electrons. The van der Waals surface area contributed by atoms with Crippen LogP contribution in [0.4, 0.5) is 0 Å². The van der Waals surface area contributed by atoms with E-state index in [9.17, 15) is 9.59 Å². The second kappa shape index (κ2) is 6.19. The monoisotopic (exact) mass is 363 g/mol. The number of aryl methyl sites for hydroxylation is 3. The summed E-state index contributed by atoms with van der Waals surface area (Å²) >= 11 is 0. The van der Waals surface area contributed by atoms with E-state index in [2.05, 4.69) is 10.1 Å². The van der Waals surface area contributed by atoms with Gasteiger partial charge in [-0.05, 0) is 31.0 Å². The zero-order valence-corrected chi connectivity index (χ0v) is 15.6. The fourth-order valence-corrected chi connectivity index (χ4v) is 3.88. The van der Waals surface area contributed by atoms with Crippen molar-refractivity contribution in [3.05, 3.63) is 58.4 Å². The average Bonchev–Trinajstić information content (AvgIpc) is 2.93. The van der Waals surface area contributed by atoms with Gasteiger partial charge in [-0.25, -0.2) is 4.98 Å². The summed E-state index contributed by atoms with van der Waals surface area (Å²) in [6.07, 6.45) is 0.427. The first-order valence-corrected chi connectivity index (χ1v) is 8.85. The van der Waals surface area contributed by atoms with Crippen LogP contribution in [0.5, 0.6) is 0 Å². The molecule has 2 amide bonds. The molecule has 2 N–H and O–H groups in total. The van der Waals surface area contributed by atoms with Crippen LogP contribution in [0.15, 0.2) is 30.3 Å². The topological polar surface area (TPSA) is 94.1 Å². The largest absolute Gasteiger partial charge is 0.368 e. The maximum Gasteiger partial charge on any atom is 0.255 e. The molecule has 1 atom stereocenters. The second-order valence-electron chi connectivity index (χ2n) is 7.04. The van der Waals surface area contributed by atoms with E-state index >= 15 is 0 Å². The zero-order valence-electron chi connectivity index (χ0n) is 15.6. The van der Waals surface area contributed by atoms with Crippen LogP contribution in [-0.2, 0) is 24.8 Å². The van der Waals surface area contributed by atoms with Crippen molar-refractivity contribution in [1.29, 1.82) is 0 Å². The molecule has 0 bridgehead atoms. The van der Waals surface area contributed by atoms with Crippen LogP contribution in [0, 0.1) is 13.8 Å². The van der Waals surface area contributed by atoms with Gasteiger partial charge in [-0.2, -0.15) is 5.10 Å². The highest BCUT2D eigenvalue weighted by Gasteiger charge is 2.35. The van der Waals surface area contributed by atoms with E-state index in [1.807, 2.05) is 38.1 Å². The number of fused-ring (bicyclic) bond motifs is 2. The van der Waals surface area contributed by atoms with Gasteiger partial charge in [-0.15, -0.1) is 0 Å². The number of carbonyl (C=O) groups excluding carboxylic acids is 2. The number of aromatic nitrogens is 3. The van der Waals surface area contributed by atoms with Crippen LogP contribution < -0.4 is 5.73 Å². The molecule has 0 unspecified atom stereocenters. The molecule has 27 heavy (non-hydrogen) atoms. The first-order valence-electron chi connectivity index (χ1n) is 8.85. The molecule has 7 nitrogen and oxygen atoms in total. The van der Waals surface area contributed by atoms with Gasteiger partial charge in [0.25, 0.3) is 5.91 Å². The molecular weight excluding hydrogens is 342 g/mol. The van der Waals surface area contributed by atoms with Crippen molar-refractivity contribution < 1.29 is 9.59 Å². The molecule has 0 radical (unpaired) electrons. The summed E-state index contributed by atoms with van der Waals surface area (Å²) < 4.78 is 1.67. The predicted octanol–water partition coefficient (Wildman–Crippen LogP) is 1.64. The smallest absolute Gasteiger partial charge is 0.255 e. The van der Waals surface area contributed by atoms with Crippen molar-refractivity contribution in [3.63, 3.8) is 0 Å². The lowest BCUT2D eigenvalue weighted by molar-refractivity contribution is -0.122. The number of nitrogens with two attached hydrogens (primary N) is 1. The Morgan fingerprint density at radius 2 is 1.89 bits per heavy atom. The first kappa shape index (κ1) is 17.2. The van der Waals surface area contributed by atoms with Crippen molar-refractivity contribution >= 4 is 22.8 Å². The number of hydrogen-bond donors (Lipinski definition) is 1. The Kier molecular flexibility index (Phi) is 3.95.